The molecule has 1 N–H and O–H groups in total. The first-order chi connectivity index (χ1) is 14.3. The molecule has 1 aliphatic carbocycles. The summed E-state index contributed by atoms with van der Waals surface area (Å²) in [5, 5.41) is 3.24. The van der Waals surface area contributed by atoms with Gasteiger partial charge in [0.15, 0.2) is 21.4 Å². The van der Waals surface area contributed by atoms with Crippen LogP contribution in [0.4, 0.5) is 8.78 Å². The molecular weight excluding hydrogens is 436 g/mol. The number of fused-ring (bicyclic) bond motifs is 5. The van der Waals surface area contributed by atoms with Gasteiger partial charge in [0.25, 0.3) is 0 Å². The predicted octanol–water partition coefficient (Wildman–Crippen LogP) is 3.59. The van der Waals surface area contributed by atoms with Crippen molar-refractivity contribution in [3.63, 3.8) is 0 Å². The van der Waals surface area contributed by atoms with E-state index in [1.807, 2.05) is 0 Å². The molecule has 0 unspecified atom stereocenters. The number of halogens is 3. The first kappa shape index (κ1) is 19.8. The molecule has 2 fully saturated rings. The second-order valence-corrected chi connectivity index (χ2v) is 10.7. The molecule has 2 aromatic carbocycles. The van der Waals surface area contributed by atoms with Crippen LogP contribution in [0.1, 0.15) is 24.8 Å². The first-order valence-electron chi connectivity index (χ1n) is 9.66. The monoisotopic (exact) mass is 453 g/mol. The molecule has 3 aliphatic rings. The van der Waals surface area contributed by atoms with E-state index in [-0.39, 0.29) is 53.5 Å². The van der Waals surface area contributed by atoms with E-state index < -0.39 is 32.1 Å². The zero-order chi connectivity index (χ0) is 21.3. The van der Waals surface area contributed by atoms with Gasteiger partial charge in [0.05, 0.1) is 17.1 Å². The third-order valence-electron chi connectivity index (χ3n) is 6.72. The minimum atomic E-state index is -4.19. The van der Waals surface area contributed by atoms with Crippen molar-refractivity contribution in [2.75, 3.05) is 6.61 Å². The van der Waals surface area contributed by atoms with Crippen LogP contribution in [0.25, 0.3) is 0 Å². The molecule has 4 atom stereocenters. The van der Waals surface area contributed by atoms with Gasteiger partial charge in [-0.15, -0.1) is 0 Å². The molecule has 9 heteroatoms. The lowest BCUT2D eigenvalue weighted by Gasteiger charge is -2.51. The summed E-state index contributed by atoms with van der Waals surface area (Å²) < 4.78 is 61.7. The highest BCUT2D eigenvalue weighted by atomic mass is 35.5. The van der Waals surface area contributed by atoms with Gasteiger partial charge < -0.3 is 10.1 Å². The number of nitrogens with one attached hydrogen (secondary N) is 1. The number of rotatable bonds is 2. The summed E-state index contributed by atoms with van der Waals surface area (Å²) in [4.78, 5) is 12.0. The Morgan fingerprint density at radius 1 is 1.10 bits per heavy atom. The van der Waals surface area contributed by atoms with Crippen LogP contribution in [-0.4, -0.2) is 27.0 Å². The average molecular weight is 454 g/mol. The van der Waals surface area contributed by atoms with E-state index in [4.69, 9.17) is 16.3 Å². The maximum absolute atomic E-state index is 15.2. The number of sulfone groups is 1. The number of benzene rings is 2. The Morgan fingerprint density at radius 3 is 2.53 bits per heavy atom. The lowest BCUT2D eigenvalue weighted by molar-refractivity contribution is -0.119. The molecule has 2 aliphatic heterocycles. The SMILES string of the molecule is O=C1C[C@@H]2[C@@H](CC[C@@]3(S(=O)(=O)c4ccc(Cl)cc4)c4c(F)ccc(F)c4OC[C@@H]23)N1. The second-order valence-electron chi connectivity index (χ2n) is 8.08. The van der Waals surface area contributed by atoms with Gasteiger partial charge in [-0.2, -0.15) is 0 Å². The van der Waals surface area contributed by atoms with Crippen LogP contribution in [0.5, 0.6) is 5.75 Å². The van der Waals surface area contributed by atoms with Gasteiger partial charge in [-0.05, 0) is 55.2 Å². The first-order valence-corrected chi connectivity index (χ1v) is 11.5. The zero-order valence-corrected chi connectivity index (χ0v) is 17.3. The fourth-order valence-electron chi connectivity index (χ4n) is 5.44. The number of carbonyl (C=O) groups is 1. The summed E-state index contributed by atoms with van der Waals surface area (Å²) in [7, 11) is -4.19. The van der Waals surface area contributed by atoms with Crippen molar-refractivity contribution >= 4 is 27.3 Å². The summed E-state index contributed by atoms with van der Waals surface area (Å²) in [5.41, 5.74) is -0.272. The average Bonchev–Trinajstić information content (AvgIpc) is 3.10. The third-order valence-corrected chi connectivity index (χ3v) is 9.53. The molecule has 0 spiro atoms. The van der Waals surface area contributed by atoms with Gasteiger partial charge in [0, 0.05) is 23.4 Å². The molecule has 0 bridgehead atoms. The lowest BCUT2D eigenvalue weighted by atomic mass is 9.65. The molecule has 0 radical (unpaired) electrons. The standard InChI is InChI=1S/C21H18ClF2NO4S/c22-11-1-3-12(4-2-11)30(27,28)21-8-7-17-13(9-18(26)25-17)14(21)10-29-20-16(24)6-5-15(23)19(20)21/h1-6,13-14,17H,7-10H2,(H,25,26)/t13-,14-,17+,21-/m0/s1. The maximum Gasteiger partial charge on any atom is 0.220 e. The van der Waals surface area contributed by atoms with Crippen LogP contribution in [0, 0.1) is 23.5 Å². The van der Waals surface area contributed by atoms with Crippen LogP contribution < -0.4 is 10.1 Å². The molecule has 1 saturated heterocycles. The molecule has 5 nitrogen and oxygen atoms in total. The molecule has 158 valence electrons. The van der Waals surface area contributed by atoms with Crippen molar-refractivity contribution in [1.82, 2.24) is 5.32 Å². The summed E-state index contributed by atoms with van der Waals surface area (Å²) >= 11 is 5.93. The van der Waals surface area contributed by atoms with E-state index in [1.165, 1.54) is 24.3 Å². The smallest absolute Gasteiger partial charge is 0.220 e. The molecular formula is C21H18ClF2NO4S. The van der Waals surface area contributed by atoms with Gasteiger partial charge >= 0.3 is 0 Å². The summed E-state index contributed by atoms with van der Waals surface area (Å²) in [6, 6.07) is 7.31. The van der Waals surface area contributed by atoms with Crippen LogP contribution in [0.3, 0.4) is 0 Å². The Hall–Kier alpha value is -2.19. The predicted molar refractivity (Wildman–Crippen MR) is 105 cm³/mol. The van der Waals surface area contributed by atoms with Gasteiger partial charge in [0.1, 0.15) is 10.6 Å². The van der Waals surface area contributed by atoms with E-state index in [0.717, 1.165) is 12.1 Å². The van der Waals surface area contributed by atoms with E-state index in [1.54, 1.807) is 0 Å². The molecule has 30 heavy (non-hydrogen) atoms. The van der Waals surface area contributed by atoms with Crippen LogP contribution in [-0.2, 0) is 19.4 Å². The Bertz CT molecular complexity index is 1150. The van der Waals surface area contributed by atoms with Gasteiger partial charge in [-0.25, -0.2) is 17.2 Å². The van der Waals surface area contributed by atoms with E-state index >= 15 is 4.39 Å². The normalized spacial score (nSPS) is 30.0. The topological polar surface area (TPSA) is 72.5 Å². The number of carbonyl (C=O) groups excluding carboxylic acids is 1. The van der Waals surface area contributed by atoms with Gasteiger partial charge in [-0.3, -0.25) is 4.79 Å². The highest BCUT2D eigenvalue weighted by Crippen LogP contribution is 2.59. The fraction of sp³-hybridized carbons (Fsp3) is 0.381. The molecule has 5 rings (SSSR count). The van der Waals surface area contributed by atoms with Crippen molar-refractivity contribution in [1.29, 1.82) is 0 Å². The molecule has 0 aromatic heterocycles. The summed E-state index contributed by atoms with van der Waals surface area (Å²) in [6.45, 7) is -0.115. The summed E-state index contributed by atoms with van der Waals surface area (Å²) in [6.07, 6.45) is 0.513. The van der Waals surface area contributed by atoms with E-state index in [9.17, 15) is 17.6 Å². The largest absolute Gasteiger partial charge is 0.490 e. The summed E-state index contributed by atoms with van der Waals surface area (Å²) in [5.74, 6) is -3.24. The maximum atomic E-state index is 15.2. The van der Waals surface area contributed by atoms with Crippen LogP contribution >= 0.6 is 11.6 Å². The van der Waals surface area contributed by atoms with Gasteiger partial charge in [-0.1, -0.05) is 11.6 Å². The van der Waals surface area contributed by atoms with E-state index in [0.29, 0.717) is 11.4 Å². The Kier molecular flexibility index (Phi) is 4.38. The number of hydrogen-bond acceptors (Lipinski definition) is 4. The molecule has 2 aromatic rings. The highest BCUT2D eigenvalue weighted by molar-refractivity contribution is 7.92. The Morgan fingerprint density at radius 2 is 1.80 bits per heavy atom. The third kappa shape index (κ3) is 2.56. The van der Waals surface area contributed by atoms with Crippen molar-refractivity contribution in [3.8, 4) is 5.75 Å². The Labute approximate surface area is 177 Å². The highest BCUT2D eigenvalue weighted by Gasteiger charge is 2.63. The van der Waals surface area contributed by atoms with Crippen molar-refractivity contribution in [2.24, 2.45) is 11.8 Å². The van der Waals surface area contributed by atoms with E-state index in [2.05, 4.69) is 5.32 Å². The van der Waals surface area contributed by atoms with Crippen LogP contribution in [0.2, 0.25) is 5.02 Å². The van der Waals surface area contributed by atoms with Crippen molar-refractivity contribution < 1.29 is 26.7 Å². The second kappa shape index (κ2) is 6.65. The number of hydrogen-bond donors (Lipinski definition) is 1. The van der Waals surface area contributed by atoms with Crippen LogP contribution in [0.15, 0.2) is 41.3 Å². The lowest BCUT2D eigenvalue weighted by Crippen LogP contribution is -2.57. The molecule has 1 saturated carbocycles. The van der Waals surface area contributed by atoms with Gasteiger partial charge in [0.2, 0.25) is 5.91 Å². The fourth-order valence-corrected chi connectivity index (χ4v) is 7.97. The number of amides is 1. The quantitative estimate of drug-likeness (QED) is 0.754. The zero-order valence-electron chi connectivity index (χ0n) is 15.7. The van der Waals surface area contributed by atoms with Crippen molar-refractivity contribution in [3.05, 3.63) is 58.6 Å². The Balaban J connectivity index is 1.80. The minimum absolute atomic E-state index is 0.0239. The molecule has 2 heterocycles. The molecule has 1 amide bonds. The minimum Gasteiger partial charge on any atom is -0.490 e. The number of ether oxygens (including phenoxy) is 1. The van der Waals surface area contributed by atoms with Crippen molar-refractivity contribution in [2.45, 2.75) is 34.9 Å².